The van der Waals surface area contributed by atoms with Crippen LogP contribution in [0.3, 0.4) is 0 Å². The van der Waals surface area contributed by atoms with Crippen molar-refractivity contribution in [3.8, 4) is 0 Å². The molecule has 0 amide bonds. The van der Waals surface area contributed by atoms with Crippen molar-refractivity contribution in [2.45, 2.75) is 13.3 Å². The molecule has 1 aromatic heterocycles. The molecule has 0 saturated heterocycles. The van der Waals surface area contributed by atoms with Gasteiger partial charge in [0.15, 0.2) is 17.4 Å². The highest BCUT2D eigenvalue weighted by atomic mass is 19.2. The van der Waals surface area contributed by atoms with Crippen molar-refractivity contribution >= 4 is 5.78 Å². The number of halogens is 2. The quantitative estimate of drug-likeness (QED) is 0.784. The standard InChI is InChI=1S/C13H12F2N2O/c1-8-6-9(17(2)16-8)7-12(18)10-4-3-5-11(14)13(10)15/h3-6H,7H2,1-2H3. The summed E-state index contributed by atoms with van der Waals surface area (Å²) < 4.78 is 28.0. The molecule has 0 aliphatic rings. The monoisotopic (exact) mass is 250 g/mol. The zero-order chi connectivity index (χ0) is 13.3. The minimum Gasteiger partial charge on any atom is -0.294 e. The normalized spacial score (nSPS) is 10.7. The van der Waals surface area contributed by atoms with Gasteiger partial charge < -0.3 is 0 Å². The SMILES string of the molecule is Cc1cc(CC(=O)c2cccc(F)c2F)n(C)n1. The van der Waals surface area contributed by atoms with Gasteiger partial charge in [0.2, 0.25) is 0 Å². The van der Waals surface area contributed by atoms with Crippen LogP contribution in [0, 0.1) is 18.6 Å². The van der Waals surface area contributed by atoms with E-state index < -0.39 is 17.4 Å². The second kappa shape index (κ2) is 4.68. The van der Waals surface area contributed by atoms with Gasteiger partial charge in [0.1, 0.15) is 0 Å². The van der Waals surface area contributed by atoms with Gasteiger partial charge in [-0.3, -0.25) is 9.48 Å². The molecular formula is C13H12F2N2O. The Hall–Kier alpha value is -2.04. The third-order valence-corrected chi connectivity index (χ3v) is 2.69. The molecule has 0 fully saturated rings. The lowest BCUT2D eigenvalue weighted by molar-refractivity contribution is 0.0986. The van der Waals surface area contributed by atoms with Gasteiger partial charge in [0, 0.05) is 12.7 Å². The molecule has 0 atom stereocenters. The predicted molar refractivity (Wildman–Crippen MR) is 62.3 cm³/mol. The van der Waals surface area contributed by atoms with Crippen LogP contribution in [0.1, 0.15) is 21.7 Å². The smallest absolute Gasteiger partial charge is 0.171 e. The number of hydrogen-bond acceptors (Lipinski definition) is 2. The van der Waals surface area contributed by atoms with Crippen molar-refractivity contribution in [1.82, 2.24) is 9.78 Å². The maximum absolute atomic E-state index is 13.4. The van der Waals surface area contributed by atoms with Crippen molar-refractivity contribution in [2.75, 3.05) is 0 Å². The summed E-state index contributed by atoms with van der Waals surface area (Å²) >= 11 is 0. The topological polar surface area (TPSA) is 34.9 Å². The van der Waals surface area contributed by atoms with Crippen LogP contribution in [0.25, 0.3) is 0 Å². The molecule has 94 valence electrons. The van der Waals surface area contributed by atoms with Crippen molar-refractivity contribution < 1.29 is 13.6 Å². The lowest BCUT2D eigenvalue weighted by Gasteiger charge is -2.03. The summed E-state index contributed by atoms with van der Waals surface area (Å²) in [6, 6.07) is 5.33. The van der Waals surface area contributed by atoms with E-state index in [1.165, 1.54) is 12.1 Å². The maximum Gasteiger partial charge on any atom is 0.171 e. The number of rotatable bonds is 3. The van der Waals surface area contributed by atoms with Gasteiger partial charge in [-0.15, -0.1) is 0 Å². The van der Waals surface area contributed by atoms with E-state index in [1.54, 1.807) is 24.7 Å². The molecule has 18 heavy (non-hydrogen) atoms. The number of carbonyl (C=O) groups is 1. The van der Waals surface area contributed by atoms with Crippen molar-refractivity contribution in [3.05, 3.63) is 52.9 Å². The largest absolute Gasteiger partial charge is 0.294 e. The number of aryl methyl sites for hydroxylation is 2. The van der Waals surface area contributed by atoms with Crippen LogP contribution >= 0.6 is 0 Å². The molecule has 0 saturated carbocycles. The molecule has 0 aliphatic heterocycles. The van der Waals surface area contributed by atoms with Crippen LogP contribution in [-0.4, -0.2) is 15.6 Å². The average Bonchev–Trinajstić information content (AvgIpc) is 2.61. The lowest BCUT2D eigenvalue weighted by Crippen LogP contribution is -2.10. The summed E-state index contributed by atoms with van der Waals surface area (Å²) in [5.41, 5.74) is 1.22. The number of benzene rings is 1. The first kappa shape index (κ1) is 12.4. The molecular weight excluding hydrogens is 238 g/mol. The van der Waals surface area contributed by atoms with Crippen LogP contribution in [0.2, 0.25) is 0 Å². The van der Waals surface area contributed by atoms with Crippen molar-refractivity contribution in [2.24, 2.45) is 7.05 Å². The van der Waals surface area contributed by atoms with Crippen molar-refractivity contribution in [3.63, 3.8) is 0 Å². The minimum absolute atomic E-state index is 0.00227. The van der Waals surface area contributed by atoms with Crippen molar-refractivity contribution in [1.29, 1.82) is 0 Å². The lowest BCUT2D eigenvalue weighted by atomic mass is 10.1. The molecule has 2 aromatic rings. The van der Waals surface area contributed by atoms with Gasteiger partial charge in [-0.25, -0.2) is 8.78 Å². The van der Waals surface area contributed by atoms with E-state index in [9.17, 15) is 13.6 Å². The molecule has 0 N–H and O–H groups in total. The molecule has 0 radical (unpaired) electrons. The summed E-state index contributed by atoms with van der Waals surface area (Å²) in [6.07, 6.45) is -0.00227. The molecule has 0 unspecified atom stereocenters. The fourth-order valence-corrected chi connectivity index (χ4v) is 1.81. The van der Waals surface area contributed by atoms with E-state index in [0.29, 0.717) is 5.69 Å². The molecule has 1 heterocycles. The van der Waals surface area contributed by atoms with Crippen LogP contribution in [0.5, 0.6) is 0 Å². The van der Waals surface area contributed by atoms with Gasteiger partial charge in [0.25, 0.3) is 0 Å². The fourth-order valence-electron chi connectivity index (χ4n) is 1.81. The van der Waals surface area contributed by atoms with Gasteiger partial charge in [-0.05, 0) is 25.1 Å². The third kappa shape index (κ3) is 2.30. The van der Waals surface area contributed by atoms with Crippen LogP contribution in [0.15, 0.2) is 24.3 Å². The Balaban J connectivity index is 2.27. The third-order valence-electron chi connectivity index (χ3n) is 2.69. The summed E-state index contributed by atoms with van der Waals surface area (Å²) in [6.45, 7) is 1.80. The van der Waals surface area contributed by atoms with E-state index in [2.05, 4.69) is 5.10 Å². The first-order chi connectivity index (χ1) is 8.49. The van der Waals surface area contributed by atoms with E-state index >= 15 is 0 Å². The minimum atomic E-state index is -1.10. The molecule has 0 bridgehead atoms. The van der Waals surface area contributed by atoms with Crippen LogP contribution in [-0.2, 0) is 13.5 Å². The Kier molecular flexibility index (Phi) is 3.23. The van der Waals surface area contributed by atoms with E-state index in [1.807, 2.05) is 0 Å². The van der Waals surface area contributed by atoms with Gasteiger partial charge >= 0.3 is 0 Å². The highest BCUT2D eigenvalue weighted by Gasteiger charge is 2.16. The summed E-state index contributed by atoms with van der Waals surface area (Å²) in [5.74, 6) is -2.57. The Morgan fingerprint density at radius 3 is 2.72 bits per heavy atom. The number of hydrogen-bond donors (Lipinski definition) is 0. The first-order valence-electron chi connectivity index (χ1n) is 5.45. The highest BCUT2D eigenvalue weighted by Crippen LogP contribution is 2.14. The maximum atomic E-state index is 13.4. The summed E-state index contributed by atoms with van der Waals surface area (Å²) in [5, 5.41) is 4.09. The highest BCUT2D eigenvalue weighted by molar-refractivity contribution is 5.97. The molecule has 5 heteroatoms. The van der Waals surface area contributed by atoms with Gasteiger partial charge in [-0.1, -0.05) is 6.07 Å². The predicted octanol–water partition coefficient (Wildman–Crippen LogP) is 2.43. The van der Waals surface area contributed by atoms with E-state index in [-0.39, 0.29) is 12.0 Å². The van der Waals surface area contributed by atoms with Crippen LogP contribution < -0.4 is 0 Å². The molecule has 2 rings (SSSR count). The second-order valence-corrected chi connectivity index (χ2v) is 4.10. The number of carbonyl (C=O) groups excluding carboxylic acids is 1. The van der Waals surface area contributed by atoms with E-state index in [0.717, 1.165) is 11.8 Å². The summed E-state index contributed by atoms with van der Waals surface area (Å²) in [7, 11) is 1.71. The van der Waals surface area contributed by atoms with E-state index in [4.69, 9.17) is 0 Å². The zero-order valence-corrected chi connectivity index (χ0v) is 10.1. The molecule has 0 aliphatic carbocycles. The average molecular weight is 250 g/mol. The number of ketones is 1. The van der Waals surface area contributed by atoms with Gasteiger partial charge in [-0.2, -0.15) is 5.10 Å². The fraction of sp³-hybridized carbons (Fsp3) is 0.231. The first-order valence-corrected chi connectivity index (χ1v) is 5.45. The molecule has 1 aromatic carbocycles. The number of aromatic nitrogens is 2. The second-order valence-electron chi connectivity index (χ2n) is 4.10. The number of nitrogens with zero attached hydrogens (tertiary/aromatic N) is 2. The Bertz CT molecular complexity index is 605. The zero-order valence-electron chi connectivity index (χ0n) is 10.1. The van der Waals surface area contributed by atoms with Gasteiger partial charge in [0.05, 0.1) is 17.7 Å². The Labute approximate surface area is 103 Å². The Morgan fingerprint density at radius 2 is 2.11 bits per heavy atom. The number of Topliss-reactive ketones (excluding diaryl/α,β-unsaturated/α-hetero) is 1. The Morgan fingerprint density at radius 1 is 1.39 bits per heavy atom. The summed E-state index contributed by atoms with van der Waals surface area (Å²) in [4.78, 5) is 11.9. The van der Waals surface area contributed by atoms with Crippen LogP contribution in [0.4, 0.5) is 8.78 Å². The molecule has 0 spiro atoms. The molecule has 3 nitrogen and oxygen atoms in total.